The van der Waals surface area contributed by atoms with Gasteiger partial charge in [0.1, 0.15) is 5.82 Å². The average Bonchev–Trinajstić information content (AvgIpc) is 3.07. The summed E-state index contributed by atoms with van der Waals surface area (Å²) in [6.45, 7) is 0. The zero-order valence-corrected chi connectivity index (χ0v) is 11.3. The summed E-state index contributed by atoms with van der Waals surface area (Å²) in [5, 5.41) is 16.1. The first kappa shape index (κ1) is 13.3. The van der Waals surface area contributed by atoms with Crippen molar-refractivity contribution in [2.24, 2.45) is 0 Å². The van der Waals surface area contributed by atoms with Crippen molar-refractivity contribution >= 4 is 22.8 Å². The Balaban J connectivity index is 2.16. The van der Waals surface area contributed by atoms with Crippen LogP contribution >= 0.6 is 11.3 Å². The van der Waals surface area contributed by atoms with Crippen molar-refractivity contribution < 1.29 is 13.8 Å². The lowest BCUT2D eigenvalue weighted by atomic mass is 10.1. The molecule has 0 unspecified atom stereocenters. The van der Waals surface area contributed by atoms with Crippen molar-refractivity contribution in [2.45, 2.75) is 0 Å². The molecule has 3 aromatic rings. The zero-order chi connectivity index (χ0) is 15.0. The maximum absolute atomic E-state index is 14.1. The van der Waals surface area contributed by atoms with Gasteiger partial charge in [0.2, 0.25) is 0 Å². The smallest absolute Gasteiger partial charge is 0.272 e. The molecule has 1 aromatic carbocycles. The first-order valence-corrected chi connectivity index (χ1v) is 6.69. The van der Waals surface area contributed by atoms with E-state index in [1.54, 1.807) is 6.07 Å². The third kappa shape index (κ3) is 2.25. The molecule has 106 valence electrons. The van der Waals surface area contributed by atoms with E-state index in [9.17, 15) is 14.5 Å². The van der Waals surface area contributed by atoms with Crippen LogP contribution in [0.3, 0.4) is 0 Å². The number of aromatic nitrogens is 1. The van der Waals surface area contributed by atoms with E-state index in [1.807, 2.05) is 11.4 Å². The Kier molecular flexibility index (Phi) is 3.15. The Morgan fingerprint density at radius 2 is 2.19 bits per heavy atom. The molecule has 3 rings (SSSR count). The molecular weight excluding hydrogens is 297 g/mol. The summed E-state index contributed by atoms with van der Waals surface area (Å²) < 4.78 is 19.2. The van der Waals surface area contributed by atoms with Gasteiger partial charge in [-0.05, 0) is 17.5 Å². The number of benzene rings is 1. The number of nitro benzene ring substituents is 1. The molecule has 0 saturated heterocycles. The molecule has 21 heavy (non-hydrogen) atoms. The predicted octanol–water partition coefficient (Wildman–Crippen LogP) is 3.70. The predicted molar refractivity (Wildman–Crippen MR) is 76.3 cm³/mol. The first-order chi connectivity index (χ1) is 10.1. The van der Waals surface area contributed by atoms with E-state index in [4.69, 9.17) is 10.3 Å². The number of thiophene rings is 1. The van der Waals surface area contributed by atoms with Crippen LogP contribution in [-0.4, -0.2) is 10.1 Å². The highest BCUT2D eigenvalue weighted by Crippen LogP contribution is 2.40. The van der Waals surface area contributed by atoms with Gasteiger partial charge in [-0.1, -0.05) is 11.2 Å². The second-order valence-corrected chi connectivity index (χ2v) is 5.12. The molecule has 0 aliphatic heterocycles. The van der Waals surface area contributed by atoms with E-state index >= 15 is 0 Å². The molecule has 0 bridgehead atoms. The molecule has 0 aliphatic rings. The number of nitrogens with two attached hydrogens (primary N) is 1. The van der Waals surface area contributed by atoms with E-state index in [-0.39, 0.29) is 22.8 Å². The highest BCUT2D eigenvalue weighted by molar-refractivity contribution is 7.13. The molecule has 0 radical (unpaired) electrons. The van der Waals surface area contributed by atoms with E-state index in [2.05, 4.69) is 5.16 Å². The molecule has 2 N–H and O–H groups in total. The largest absolute Gasteiger partial charge is 0.380 e. The van der Waals surface area contributed by atoms with E-state index in [0.29, 0.717) is 5.56 Å². The molecule has 6 nitrogen and oxygen atoms in total. The number of rotatable bonds is 3. The number of hydrogen-bond donors (Lipinski definition) is 1. The number of hydrogen-bond acceptors (Lipinski definition) is 6. The van der Waals surface area contributed by atoms with Gasteiger partial charge in [0, 0.05) is 10.9 Å². The topological polar surface area (TPSA) is 95.2 Å². The molecular formula is C13H8FN3O3S. The van der Waals surface area contributed by atoms with Crippen molar-refractivity contribution in [3.8, 4) is 21.8 Å². The number of nitrogen functional groups attached to an aromatic ring is 1. The van der Waals surface area contributed by atoms with Crippen LogP contribution < -0.4 is 5.73 Å². The van der Waals surface area contributed by atoms with Crippen molar-refractivity contribution in [3.63, 3.8) is 0 Å². The van der Waals surface area contributed by atoms with Gasteiger partial charge in [0.05, 0.1) is 22.1 Å². The van der Waals surface area contributed by atoms with Gasteiger partial charge >= 0.3 is 0 Å². The van der Waals surface area contributed by atoms with Crippen LogP contribution in [0.4, 0.5) is 15.9 Å². The number of nitrogens with zero attached hydrogens (tertiary/aromatic N) is 2. The molecule has 0 amide bonds. The highest BCUT2D eigenvalue weighted by Gasteiger charge is 2.22. The number of halogens is 1. The lowest BCUT2D eigenvalue weighted by Gasteiger charge is -2.02. The number of nitro groups is 1. The van der Waals surface area contributed by atoms with E-state index < -0.39 is 10.7 Å². The van der Waals surface area contributed by atoms with Crippen LogP contribution in [0, 0.1) is 15.9 Å². The van der Waals surface area contributed by atoms with Crippen LogP contribution in [-0.2, 0) is 0 Å². The van der Waals surface area contributed by atoms with Crippen LogP contribution in [0.2, 0.25) is 0 Å². The monoisotopic (exact) mass is 305 g/mol. The summed E-state index contributed by atoms with van der Waals surface area (Å²) in [6, 6.07) is 6.95. The SMILES string of the molecule is Nc1noc(-c2ccc([N+](=O)[O-])cc2F)c1-c1cccs1. The molecule has 0 aliphatic carbocycles. The summed E-state index contributed by atoms with van der Waals surface area (Å²) in [5.74, 6) is -0.467. The van der Waals surface area contributed by atoms with Crippen LogP contribution in [0.5, 0.6) is 0 Å². The summed E-state index contributed by atoms with van der Waals surface area (Å²) >= 11 is 1.41. The molecule has 8 heteroatoms. The minimum atomic E-state index is -0.766. The maximum atomic E-state index is 14.1. The van der Waals surface area contributed by atoms with Gasteiger partial charge in [0.15, 0.2) is 11.6 Å². The minimum Gasteiger partial charge on any atom is -0.380 e. The second-order valence-electron chi connectivity index (χ2n) is 4.17. The van der Waals surface area contributed by atoms with Crippen molar-refractivity contribution in [2.75, 3.05) is 5.73 Å². The average molecular weight is 305 g/mol. The van der Waals surface area contributed by atoms with Crippen LogP contribution in [0.25, 0.3) is 21.8 Å². The maximum Gasteiger partial charge on any atom is 0.272 e. The van der Waals surface area contributed by atoms with E-state index in [1.165, 1.54) is 23.5 Å². The molecule has 2 heterocycles. The molecule has 2 aromatic heterocycles. The number of non-ortho nitro benzene ring substituents is 1. The van der Waals surface area contributed by atoms with Crippen molar-refractivity contribution in [1.82, 2.24) is 5.16 Å². The lowest BCUT2D eigenvalue weighted by Crippen LogP contribution is -1.92. The molecule has 0 spiro atoms. The number of anilines is 1. The lowest BCUT2D eigenvalue weighted by molar-refractivity contribution is -0.385. The summed E-state index contributed by atoms with van der Waals surface area (Å²) in [6.07, 6.45) is 0. The normalized spacial score (nSPS) is 10.7. The Morgan fingerprint density at radius 1 is 1.38 bits per heavy atom. The van der Waals surface area contributed by atoms with Gasteiger partial charge < -0.3 is 10.3 Å². The van der Waals surface area contributed by atoms with Crippen LogP contribution in [0.15, 0.2) is 40.2 Å². The first-order valence-electron chi connectivity index (χ1n) is 5.81. The van der Waals surface area contributed by atoms with Gasteiger partial charge in [-0.2, -0.15) is 0 Å². The Labute approximate surface area is 121 Å². The third-order valence-electron chi connectivity index (χ3n) is 2.89. The van der Waals surface area contributed by atoms with Gasteiger partial charge in [-0.25, -0.2) is 4.39 Å². The van der Waals surface area contributed by atoms with Crippen LogP contribution in [0.1, 0.15) is 0 Å². The fourth-order valence-electron chi connectivity index (χ4n) is 1.95. The van der Waals surface area contributed by atoms with Crippen molar-refractivity contribution in [3.05, 3.63) is 51.6 Å². The van der Waals surface area contributed by atoms with Gasteiger partial charge in [-0.15, -0.1) is 11.3 Å². The zero-order valence-electron chi connectivity index (χ0n) is 10.4. The summed E-state index contributed by atoms with van der Waals surface area (Å²) in [4.78, 5) is 10.8. The Morgan fingerprint density at radius 3 is 2.81 bits per heavy atom. The minimum absolute atomic E-state index is 0.0770. The van der Waals surface area contributed by atoms with Crippen molar-refractivity contribution in [1.29, 1.82) is 0 Å². The second kappa shape index (κ2) is 4.98. The highest BCUT2D eigenvalue weighted by atomic mass is 32.1. The fraction of sp³-hybridized carbons (Fsp3) is 0. The quantitative estimate of drug-likeness (QED) is 0.588. The molecule has 0 fully saturated rings. The summed E-state index contributed by atoms with van der Waals surface area (Å²) in [5.41, 5.74) is 6.00. The molecule has 0 atom stereocenters. The summed E-state index contributed by atoms with van der Waals surface area (Å²) in [7, 11) is 0. The third-order valence-corrected chi connectivity index (χ3v) is 3.78. The standard InChI is InChI=1S/C13H8FN3O3S/c14-9-6-7(17(18)19)3-4-8(9)12-11(13(15)16-20-12)10-2-1-5-21-10/h1-6H,(H2,15,16). The van der Waals surface area contributed by atoms with E-state index in [0.717, 1.165) is 10.9 Å². The van der Waals surface area contributed by atoms with Gasteiger partial charge in [-0.3, -0.25) is 10.1 Å². The molecule has 0 saturated carbocycles. The van der Waals surface area contributed by atoms with Gasteiger partial charge in [0.25, 0.3) is 5.69 Å². The Bertz CT molecular complexity index is 814. The Hall–Kier alpha value is -2.74. The fourth-order valence-corrected chi connectivity index (χ4v) is 2.72.